The number of aliphatic imine (C=N–C) groups is 1. The summed E-state index contributed by atoms with van der Waals surface area (Å²) in [6, 6.07) is 15.5. The van der Waals surface area contributed by atoms with E-state index in [0.717, 1.165) is 21.9 Å². The number of para-hydroxylation sites is 1. The Hall–Kier alpha value is -1.74. The minimum absolute atomic E-state index is 0.844. The van der Waals surface area contributed by atoms with Crippen LogP contribution in [0.5, 0.6) is 5.75 Å². The van der Waals surface area contributed by atoms with Crippen molar-refractivity contribution < 1.29 is 4.74 Å². The Bertz CT molecular complexity index is 520. The van der Waals surface area contributed by atoms with Gasteiger partial charge in [0.05, 0.1) is 12.8 Å². The van der Waals surface area contributed by atoms with E-state index in [9.17, 15) is 0 Å². The molecule has 86 valence electrons. The van der Waals surface area contributed by atoms with Gasteiger partial charge in [-0.2, -0.15) is 0 Å². The van der Waals surface area contributed by atoms with E-state index >= 15 is 0 Å². The molecule has 3 heteroatoms. The molecule has 0 saturated carbocycles. The van der Waals surface area contributed by atoms with Crippen LogP contribution < -0.4 is 4.74 Å². The predicted molar refractivity (Wildman–Crippen MR) is 73.9 cm³/mol. The fourth-order valence-electron chi connectivity index (χ4n) is 1.41. The molecular formula is C14H13NOS. The van der Waals surface area contributed by atoms with Gasteiger partial charge in [-0.1, -0.05) is 12.1 Å². The van der Waals surface area contributed by atoms with E-state index in [0.29, 0.717) is 0 Å². The van der Waals surface area contributed by atoms with Crippen molar-refractivity contribution in [2.45, 2.75) is 4.90 Å². The number of nitrogens with zero attached hydrogens (tertiary/aromatic N) is 1. The lowest BCUT2D eigenvalue weighted by molar-refractivity contribution is 0.415. The van der Waals surface area contributed by atoms with Gasteiger partial charge in [0.25, 0.3) is 0 Å². The summed E-state index contributed by atoms with van der Waals surface area (Å²) in [6.07, 6.45) is 1.81. The van der Waals surface area contributed by atoms with Crippen molar-refractivity contribution in [2.75, 3.05) is 7.11 Å². The van der Waals surface area contributed by atoms with Crippen LogP contribution in [0.4, 0.5) is 5.69 Å². The minimum Gasteiger partial charge on any atom is -0.497 e. The van der Waals surface area contributed by atoms with Crippen LogP contribution in [0.1, 0.15) is 5.56 Å². The van der Waals surface area contributed by atoms with Crippen molar-refractivity contribution in [3.05, 3.63) is 54.1 Å². The molecule has 2 nitrogen and oxygen atoms in total. The zero-order valence-corrected chi connectivity index (χ0v) is 10.4. The smallest absolute Gasteiger partial charge is 0.118 e. The molecule has 0 saturated heterocycles. The molecule has 0 spiro atoms. The van der Waals surface area contributed by atoms with Crippen LogP contribution in [0.2, 0.25) is 0 Å². The molecular weight excluding hydrogens is 230 g/mol. The first-order chi connectivity index (χ1) is 8.29. The fraction of sp³-hybridized carbons (Fsp3) is 0.0714. The van der Waals surface area contributed by atoms with E-state index in [4.69, 9.17) is 4.74 Å². The summed E-state index contributed by atoms with van der Waals surface area (Å²) in [5.74, 6) is 0.844. The topological polar surface area (TPSA) is 21.6 Å². The first kappa shape index (κ1) is 11.7. The first-order valence-electron chi connectivity index (χ1n) is 5.26. The normalized spacial score (nSPS) is 10.7. The number of hydrogen-bond donors (Lipinski definition) is 1. The summed E-state index contributed by atoms with van der Waals surface area (Å²) in [7, 11) is 1.65. The second-order valence-electron chi connectivity index (χ2n) is 3.52. The molecule has 0 radical (unpaired) electrons. The average Bonchev–Trinajstić information content (AvgIpc) is 2.38. The quantitative estimate of drug-likeness (QED) is 0.643. The van der Waals surface area contributed by atoms with Crippen LogP contribution in [-0.4, -0.2) is 13.3 Å². The van der Waals surface area contributed by atoms with Crippen LogP contribution in [0.15, 0.2) is 58.4 Å². The lowest BCUT2D eigenvalue weighted by Gasteiger charge is -2.00. The number of benzene rings is 2. The van der Waals surface area contributed by atoms with E-state index in [1.165, 1.54) is 0 Å². The Kier molecular flexibility index (Phi) is 3.83. The summed E-state index contributed by atoms with van der Waals surface area (Å²) < 4.78 is 5.09. The zero-order chi connectivity index (χ0) is 12.1. The molecule has 0 unspecified atom stereocenters. The van der Waals surface area contributed by atoms with E-state index in [1.54, 1.807) is 7.11 Å². The van der Waals surface area contributed by atoms with E-state index in [1.807, 2.05) is 54.7 Å². The number of ether oxygens (including phenoxy) is 1. The minimum atomic E-state index is 0.844. The Morgan fingerprint density at radius 1 is 1.06 bits per heavy atom. The highest BCUT2D eigenvalue weighted by Gasteiger charge is 1.94. The summed E-state index contributed by atoms with van der Waals surface area (Å²) in [4.78, 5) is 5.26. The molecule has 2 rings (SSSR count). The molecule has 0 atom stereocenters. The van der Waals surface area contributed by atoms with Gasteiger partial charge < -0.3 is 4.74 Å². The van der Waals surface area contributed by atoms with Crippen LogP contribution >= 0.6 is 12.6 Å². The summed E-state index contributed by atoms with van der Waals surface area (Å²) in [6.45, 7) is 0. The molecule has 0 aliphatic heterocycles. The molecule has 0 heterocycles. The van der Waals surface area contributed by atoms with Gasteiger partial charge in [-0.05, 0) is 42.0 Å². The zero-order valence-electron chi connectivity index (χ0n) is 9.50. The molecule has 0 aromatic heterocycles. The SMILES string of the molecule is COc1ccc(C=Nc2ccccc2S)cc1. The molecule has 0 fully saturated rings. The highest BCUT2D eigenvalue weighted by atomic mass is 32.1. The molecule has 0 bridgehead atoms. The molecule has 0 aliphatic rings. The van der Waals surface area contributed by atoms with Gasteiger partial charge in [0.2, 0.25) is 0 Å². The number of hydrogen-bond acceptors (Lipinski definition) is 3. The lowest BCUT2D eigenvalue weighted by Crippen LogP contribution is -1.84. The van der Waals surface area contributed by atoms with Gasteiger partial charge >= 0.3 is 0 Å². The highest BCUT2D eigenvalue weighted by molar-refractivity contribution is 7.80. The standard InChI is InChI=1S/C14H13NOS/c1-16-12-8-6-11(7-9-12)10-15-13-4-2-3-5-14(13)17/h2-10,17H,1H3. The van der Waals surface area contributed by atoms with Crippen molar-refractivity contribution in [1.29, 1.82) is 0 Å². The van der Waals surface area contributed by atoms with Crippen molar-refractivity contribution in [2.24, 2.45) is 4.99 Å². The van der Waals surface area contributed by atoms with Crippen LogP contribution in [0, 0.1) is 0 Å². The van der Waals surface area contributed by atoms with Gasteiger partial charge in [0.15, 0.2) is 0 Å². The van der Waals surface area contributed by atoms with E-state index in [2.05, 4.69) is 17.6 Å². The monoisotopic (exact) mass is 243 g/mol. The van der Waals surface area contributed by atoms with Crippen molar-refractivity contribution in [3.63, 3.8) is 0 Å². The fourth-order valence-corrected chi connectivity index (χ4v) is 1.63. The molecule has 2 aromatic carbocycles. The summed E-state index contributed by atoms with van der Waals surface area (Å²) >= 11 is 4.34. The van der Waals surface area contributed by atoms with Gasteiger partial charge in [-0.3, -0.25) is 4.99 Å². The third kappa shape index (κ3) is 3.11. The lowest BCUT2D eigenvalue weighted by atomic mass is 10.2. The molecule has 17 heavy (non-hydrogen) atoms. The molecule has 0 aliphatic carbocycles. The first-order valence-corrected chi connectivity index (χ1v) is 5.70. The van der Waals surface area contributed by atoms with Crippen molar-refractivity contribution >= 4 is 24.5 Å². The van der Waals surface area contributed by atoms with Crippen molar-refractivity contribution in [3.8, 4) is 5.75 Å². The third-order valence-corrected chi connectivity index (χ3v) is 2.73. The van der Waals surface area contributed by atoms with E-state index in [-0.39, 0.29) is 0 Å². The Labute approximate surface area is 106 Å². The number of thiol groups is 1. The summed E-state index contributed by atoms with van der Waals surface area (Å²) in [5.41, 5.74) is 1.90. The van der Waals surface area contributed by atoms with Crippen LogP contribution in [0.25, 0.3) is 0 Å². The molecule has 0 N–H and O–H groups in total. The average molecular weight is 243 g/mol. The maximum atomic E-state index is 5.09. The Morgan fingerprint density at radius 3 is 2.41 bits per heavy atom. The second-order valence-corrected chi connectivity index (χ2v) is 4.00. The van der Waals surface area contributed by atoms with Gasteiger partial charge in [-0.15, -0.1) is 12.6 Å². The van der Waals surface area contributed by atoms with Gasteiger partial charge in [0.1, 0.15) is 5.75 Å². The largest absolute Gasteiger partial charge is 0.497 e. The van der Waals surface area contributed by atoms with E-state index < -0.39 is 0 Å². The van der Waals surface area contributed by atoms with Crippen LogP contribution in [0.3, 0.4) is 0 Å². The molecule has 2 aromatic rings. The maximum absolute atomic E-state index is 5.09. The van der Waals surface area contributed by atoms with Gasteiger partial charge in [0, 0.05) is 11.1 Å². The Balaban J connectivity index is 2.17. The molecule has 0 amide bonds. The van der Waals surface area contributed by atoms with Crippen LogP contribution in [-0.2, 0) is 0 Å². The highest BCUT2D eigenvalue weighted by Crippen LogP contribution is 2.21. The van der Waals surface area contributed by atoms with Gasteiger partial charge in [-0.25, -0.2) is 0 Å². The maximum Gasteiger partial charge on any atom is 0.118 e. The summed E-state index contributed by atoms with van der Waals surface area (Å²) in [5, 5.41) is 0. The predicted octanol–water partition coefficient (Wildman–Crippen LogP) is 3.73. The Morgan fingerprint density at radius 2 is 1.76 bits per heavy atom. The van der Waals surface area contributed by atoms with Crippen molar-refractivity contribution in [1.82, 2.24) is 0 Å². The number of methoxy groups -OCH3 is 1. The third-order valence-electron chi connectivity index (χ3n) is 2.35. The second kappa shape index (κ2) is 5.55. The number of rotatable bonds is 3.